The molecule has 0 atom stereocenters. The number of nitriles is 1. The molecule has 2 aliphatic carbocycles. The third-order valence-electron chi connectivity index (χ3n) is 4.32. The predicted molar refractivity (Wildman–Crippen MR) is 78.9 cm³/mol. The summed E-state index contributed by atoms with van der Waals surface area (Å²) in [7, 11) is 0. The van der Waals surface area contributed by atoms with Crippen molar-refractivity contribution in [3.63, 3.8) is 0 Å². The number of nitrogens with zero attached hydrogens (tertiary/aromatic N) is 3. The van der Waals surface area contributed by atoms with Gasteiger partial charge in [0.15, 0.2) is 0 Å². The standard InChI is InChI=1S/C17H17N3O/c18-10-13-9-12-3-1-5-16(12)19-17(13)20(14-6-7-14)11-15-4-2-8-21-15/h2,4,8-9,14H,1,3,5-7,11H2. The van der Waals surface area contributed by atoms with E-state index in [0.717, 1.165) is 30.8 Å². The largest absolute Gasteiger partial charge is 0.467 e. The second kappa shape index (κ2) is 4.92. The van der Waals surface area contributed by atoms with E-state index in [1.165, 1.54) is 24.1 Å². The number of fused-ring (bicyclic) bond motifs is 1. The van der Waals surface area contributed by atoms with Crippen LogP contribution in [0, 0.1) is 11.3 Å². The summed E-state index contributed by atoms with van der Waals surface area (Å²) in [6.07, 6.45) is 7.28. The first-order valence-electron chi connectivity index (χ1n) is 7.57. The number of pyridine rings is 1. The number of anilines is 1. The van der Waals surface area contributed by atoms with Crippen molar-refractivity contribution in [3.8, 4) is 6.07 Å². The lowest BCUT2D eigenvalue weighted by Gasteiger charge is -2.24. The average Bonchev–Trinajstić information content (AvgIpc) is 3.02. The van der Waals surface area contributed by atoms with Crippen molar-refractivity contribution in [2.24, 2.45) is 0 Å². The number of rotatable bonds is 4. The highest BCUT2D eigenvalue weighted by molar-refractivity contribution is 5.58. The zero-order valence-electron chi connectivity index (χ0n) is 11.9. The molecule has 1 saturated carbocycles. The van der Waals surface area contributed by atoms with Gasteiger partial charge < -0.3 is 9.32 Å². The van der Waals surface area contributed by atoms with Crippen molar-refractivity contribution in [2.45, 2.75) is 44.7 Å². The van der Waals surface area contributed by atoms with Gasteiger partial charge in [0.2, 0.25) is 0 Å². The van der Waals surface area contributed by atoms with Crippen LogP contribution in [0.3, 0.4) is 0 Å². The molecule has 0 saturated heterocycles. The zero-order chi connectivity index (χ0) is 14.2. The summed E-state index contributed by atoms with van der Waals surface area (Å²) < 4.78 is 5.48. The first-order valence-corrected chi connectivity index (χ1v) is 7.57. The molecule has 0 amide bonds. The van der Waals surface area contributed by atoms with Gasteiger partial charge in [0.1, 0.15) is 17.6 Å². The molecule has 4 rings (SSSR count). The van der Waals surface area contributed by atoms with Crippen LogP contribution in [-0.2, 0) is 19.4 Å². The molecule has 21 heavy (non-hydrogen) atoms. The summed E-state index contributed by atoms with van der Waals surface area (Å²) in [6, 6.07) is 8.76. The fraction of sp³-hybridized carbons (Fsp3) is 0.412. The van der Waals surface area contributed by atoms with Gasteiger partial charge in [0, 0.05) is 11.7 Å². The van der Waals surface area contributed by atoms with E-state index in [4.69, 9.17) is 9.40 Å². The van der Waals surface area contributed by atoms with Gasteiger partial charge >= 0.3 is 0 Å². The Morgan fingerprint density at radius 3 is 3.00 bits per heavy atom. The molecule has 0 bridgehead atoms. The molecule has 0 unspecified atom stereocenters. The van der Waals surface area contributed by atoms with Crippen LogP contribution >= 0.6 is 0 Å². The molecular formula is C17H17N3O. The Bertz CT molecular complexity index is 696. The van der Waals surface area contributed by atoms with Gasteiger partial charge in [-0.1, -0.05) is 0 Å². The average molecular weight is 279 g/mol. The third kappa shape index (κ3) is 2.29. The van der Waals surface area contributed by atoms with Crippen LogP contribution in [0.2, 0.25) is 0 Å². The van der Waals surface area contributed by atoms with Crippen molar-refractivity contribution >= 4 is 5.82 Å². The van der Waals surface area contributed by atoms with Gasteiger partial charge in [-0.3, -0.25) is 0 Å². The highest BCUT2D eigenvalue weighted by Gasteiger charge is 2.33. The second-order valence-corrected chi connectivity index (χ2v) is 5.87. The Labute approximate surface area is 124 Å². The Balaban J connectivity index is 1.74. The van der Waals surface area contributed by atoms with Crippen LogP contribution in [0.25, 0.3) is 0 Å². The molecule has 1 fully saturated rings. The summed E-state index contributed by atoms with van der Waals surface area (Å²) in [6.45, 7) is 0.693. The normalized spacial score (nSPS) is 16.5. The molecular weight excluding hydrogens is 262 g/mol. The van der Waals surface area contributed by atoms with Gasteiger partial charge in [0.05, 0.1) is 18.4 Å². The topological polar surface area (TPSA) is 53.1 Å². The molecule has 106 valence electrons. The molecule has 0 N–H and O–H groups in total. The summed E-state index contributed by atoms with van der Waals surface area (Å²) in [5.41, 5.74) is 3.13. The Morgan fingerprint density at radius 2 is 2.29 bits per heavy atom. The van der Waals surface area contributed by atoms with E-state index < -0.39 is 0 Å². The van der Waals surface area contributed by atoms with E-state index in [1.54, 1.807) is 6.26 Å². The number of furan rings is 1. The lowest BCUT2D eigenvalue weighted by molar-refractivity contribution is 0.500. The van der Waals surface area contributed by atoms with Crippen LogP contribution in [0.5, 0.6) is 0 Å². The molecule has 2 aromatic heterocycles. The number of aromatic nitrogens is 1. The Hall–Kier alpha value is -2.28. The number of aryl methyl sites for hydroxylation is 2. The maximum Gasteiger partial charge on any atom is 0.147 e. The minimum absolute atomic E-state index is 0.495. The first-order chi connectivity index (χ1) is 10.3. The highest BCUT2D eigenvalue weighted by atomic mass is 16.3. The fourth-order valence-electron chi connectivity index (χ4n) is 3.10. The van der Waals surface area contributed by atoms with Crippen LogP contribution in [-0.4, -0.2) is 11.0 Å². The van der Waals surface area contributed by atoms with Crippen molar-refractivity contribution in [2.75, 3.05) is 4.90 Å². The minimum Gasteiger partial charge on any atom is -0.467 e. The zero-order valence-corrected chi connectivity index (χ0v) is 11.9. The smallest absolute Gasteiger partial charge is 0.147 e. The van der Waals surface area contributed by atoms with E-state index in [-0.39, 0.29) is 0 Å². The van der Waals surface area contributed by atoms with Gasteiger partial charge in [0.25, 0.3) is 0 Å². The summed E-state index contributed by atoms with van der Waals surface area (Å²) >= 11 is 0. The lowest BCUT2D eigenvalue weighted by Crippen LogP contribution is -2.27. The molecule has 0 radical (unpaired) electrons. The molecule has 2 heterocycles. The predicted octanol–water partition coefficient (Wildman–Crippen LogP) is 3.20. The highest BCUT2D eigenvalue weighted by Crippen LogP contribution is 2.35. The summed E-state index contributed by atoms with van der Waals surface area (Å²) in [5.74, 6) is 1.77. The lowest BCUT2D eigenvalue weighted by atomic mass is 10.1. The van der Waals surface area contributed by atoms with E-state index in [2.05, 4.69) is 11.0 Å². The molecule has 0 aliphatic heterocycles. The van der Waals surface area contributed by atoms with Crippen molar-refractivity contribution in [1.82, 2.24) is 4.98 Å². The number of hydrogen-bond acceptors (Lipinski definition) is 4. The van der Waals surface area contributed by atoms with Gasteiger partial charge in [-0.15, -0.1) is 0 Å². The van der Waals surface area contributed by atoms with Gasteiger partial charge in [-0.05, 0) is 55.9 Å². The monoisotopic (exact) mass is 279 g/mol. The van der Waals surface area contributed by atoms with Crippen molar-refractivity contribution < 1.29 is 4.42 Å². The van der Waals surface area contributed by atoms with E-state index in [0.29, 0.717) is 18.2 Å². The SMILES string of the molecule is N#Cc1cc2c(nc1N(Cc1ccco1)C1CC1)CCC2. The van der Waals surface area contributed by atoms with Gasteiger partial charge in [-0.25, -0.2) is 4.98 Å². The Morgan fingerprint density at radius 1 is 1.38 bits per heavy atom. The fourth-order valence-corrected chi connectivity index (χ4v) is 3.10. The quantitative estimate of drug-likeness (QED) is 0.862. The molecule has 2 aliphatic rings. The summed E-state index contributed by atoms with van der Waals surface area (Å²) in [4.78, 5) is 7.07. The van der Waals surface area contributed by atoms with Crippen molar-refractivity contribution in [3.05, 3.63) is 47.0 Å². The molecule has 2 aromatic rings. The van der Waals surface area contributed by atoms with E-state index in [9.17, 15) is 5.26 Å². The third-order valence-corrected chi connectivity index (χ3v) is 4.32. The Kier molecular flexibility index (Phi) is 2.92. The van der Waals surface area contributed by atoms with E-state index >= 15 is 0 Å². The maximum absolute atomic E-state index is 9.49. The summed E-state index contributed by atoms with van der Waals surface area (Å²) in [5, 5.41) is 9.49. The molecule has 4 heteroatoms. The van der Waals surface area contributed by atoms with Crippen LogP contribution in [0.4, 0.5) is 5.82 Å². The molecule has 0 aromatic carbocycles. The van der Waals surface area contributed by atoms with Crippen LogP contribution in [0.15, 0.2) is 28.9 Å². The second-order valence-electron chi connectivity index (χ2n) is 5.87. The van der Waals surface area contributed by atoms with Crippen LogP contribution < -0.4 is 4.90 Å². The van der Waals surface area contributed by atoms with Crippen LogP contribution in [0.1, 0.15) is 41.8 Å². The first kappa shape index (κ1) is 12.5. The van der Waals surface area contributed by atoms with Crippen molar-refractivity contribution in [1.29, 1.82) is 5.26 Å². The molecule has 4 nitrogen and oxygen atoms in total. The maximum atomic E-state index is 9.49. The van der Waals surface area contributed by atoms with E-state index in [1.807, 2.05) is 18.2 Å². The minimum atomic E-state index is 0.495. The number of hydrogen-bond donors (Lipinski definition) is 0. The van der Waals surface area contributed by atoms with Gasteiger partial charge in [-0.2, -0.15) is 5.26 Å². The molecule has 0 spiro atoms.